The van der Waals surface area contributed by atoms with Crippen LogP contribution in [0.25, 0.3) is 0 Å². The molecule has 1 aliphatic rings. The number of aliphatic hydroxyl groups is 2. The fourth-order valence-electron chi connectivity index (χ4n) is 1.46. The fraction of sp³-hybridized carbons (Fsp3) is 0.500. The maximum atomic E-state index is 11.6. The fourth-order valence-corrected chi connectivity index (χ4v) is 1.46. The Morgan fingerprint density at radius 3 is 2.50 bits per heavy atom. The summed E-state index contributed by atoms with van der Waals surface area (Å²) >= 11 is 0. The largest absolute Gasteiger partial charge is 0.388 e. The highest BCUT2D eigenvalue weighted by molar-refractivity contribution is 5.77. The topological polar surface area (TPSA) is 78.6 Å². The molecule has 2 heterocycles. The molecule has 6 heteroatoms. The van der Waals surface area contributed by atoms with Gasteiger partial charge in [0, 0.05) is 12.4 Å². The summed E-state index contributed by atoms with van der Waals surface area (Å²) in [7, 11) is 0. The monoisotopic (exact) mass is 197 g/mol. The number of aromatic nitrogens is 2. The smallest absolute Gasteiger partial charge is 0.329 e. The van der Waals surface area contributed by atoms with Crippen molar-refractivity contribution in [1.29, 1.82) is 0 Å². The van der Waals surface area contributed by atoms with E-state index < -0.39 is 12.2 Å². The Kier molecular flexibility index (Phi) is 2.22. The van der Waals surface area contributed by atoms with Crippen LogP contribution in [-0.4, -0.2) is 56.0 Å². The van der Waals surface area contributed by atoms with E-state index in [0.29, 0.717) is 0 Å². The first-order valence-electron chi connectivity index (χ1n) is 4.32. The second kappa shape index (κ2) is 3.39. The highest BCUT2D eigenvalue weighted by Crippen LogP contribution is 2.11. The van der Waals surface area contributed by atoms with Crippen molar-refractivity contribution < 1.29 is 15.0 Å². The summed E-state index contributed by atoms with van der Waals surface area (Å²) in [5, 5.41) is 18.5. The molecule has 1 amide bonds. The second-order valence-corrected chi connectivity index (χ2v) is 3.29. The van der Waals surface area contributed by atoms with Crippen LogP contribution in [0.3, 0.4) is 0 Å². The lowest BCUT2D eigenvalue weighted by atomic mass is 10.3. The number of hydrogen-bond acceptors (Lipinski definition) is 4. The van der Waals surface area contributed by atoms with Gasteiger partial charge in [0.2, 0.25) is 0 Å². The minimum Gasteiger partial charge on any atom is -0.388 e. The van der Waals surface area contributed by atoms with Crippen molar-refractivity contribution in [3.05, 3.63) is 18.7 Å². The van der Waals surface area contributed by atoms with Crippen molar-refractivity contribution in [2.45, 2.75) is 12.2 Å². The third kappa shape index (κ3) is 1.49. The molecule has 0 radical (unpaired) electrons. The molecule has 0 aromatic carbocycles. The number of rotatable bonds is 0. The minimum absolute atomic E-state index is 0.165. The highest BCUT2D eigenvalue weighted by atomic mass is 16.3. The Morgan fingerprint density at radius 2 is 2.00 bits per heavy atom. The lowest BCUT2D eigenvalue weighted by Crippen LogP contribution is -2.33. The Morgan fingerprint density at radius 1 is 1.36 bits per heavy atom. The van der Waals surface area contributed by atoms with Crippen LogP contribution >= 0.6 is 0 Å². The average molecular weight is 197 g/mol. The average Bonchev–Trinajstić information content (AvgIpc) is 2.76. The molecule has 2 unspecified atom stereocenters. The molecular formula is C8H11N3O3. The predicted octanol–water partition coefficient (Wildman–Crippen LogP) is -1.11. The maximum absolute atomic E-state index is 11.6. The van der Waals surface area contributed by atoms with Gasteiger partial charge < -0.3 is 15.1 Å². The van der Waals surface area contributed by atoms with Gasteiger partial charge in [-0.3, -0.25) is 4.57 Å². The van der Waals surface area contributed by atoms with Crippen molar-refractivity contribution in [3.8, 4) is 0 Å². The molecule has 0 aliphatic carbocycles. The molecule has 6 nitrogen and oxygen atoms in total. The Balaban J connectivity index is 2.07. The molecule has 2 N–H and O–H groups in total. The van der Waals surface area contributed by atoms with Crippen LogP contribution in [0.15, 0.2) is 18.7 Å². The van der Waals surface area contributed by atoms with Crippen LogP contribution in [0.2, 0.25) is 0 Å². The van der Waals surface area contributed by atoms with Gasteiger partial charge >= 0.3 is 6.03 Å². The molecule has 0 bridgehead atoms. The van der Waals surface area contributed by atoms with Gasteiger partial charge in [-0.1, -0.05) is 0 Å². The summed E-state index contributed by atoms with van der Waals surface area (Å²) in [6, 6.07) is -0.280. The first kappa shape index (κ1) is 9.17. The van der Waals surface area contributed by atoms with Gasteiger partial charge in [-0.25, -0.2) is 9.78 Å². The Hall–Kier alpha value is -1.40. The summed E-state index contributed by atoms with van der Waals surface area (Å²) in [5.74, 6) is 0. The summed E-state index contributed by atoms with van der Waals surface area (Å²) in [6.07, 6.45) is 2.73. The predicted molar refractivity (Wildman–Crippen MR) is 46.6 cm³/mol. The van der Waals surface area contributed by atoms with E-state index in [-0.39, 0.29) is 19.1 Å². The van der Waals surface area contributed by atoms with Crippen LogP contribution in [0.1, 0.15) is 0 Å². The van der Waals surface area contributed by atoms with E-state index in [0.717, 1.165) is 0 Å². The number of likely N-dealkylation sites (tertiary alicyclic amines) is 1. The van der Waals surface area contributed by atoms with Crippen molar-refractivity contribution >= 4 is 6.03 Å². The van der Waals surface area contributed by atoms with E-state index >= 15 is 0 Å². The number of amides is 1. The van der Waals surface area contributed by atoms with Gasteiger partial charge in [-0.15, -0.1) is 0 Å². The van der Waals surface area contributed by atoms with E-state index in [9.17, 15) is 15.0 Å². The molecule has 0 saturated carbocycles. The summed E-state index contributed by atoms with van der Waals surface area (Å²) < 4.78 is 1.31. The van der Waals surface area contributed by atoms with Crippen molar-refractivity contribution in [2.24, 2.45) is 0 Å². The first-order chi connectivity index (χ1) is 6.68. The lowest BCUT2D eigenvalue weighted by Gasteiger charge is -2.14. The zero-order valence-corrected chi connectivity index (χ0v) is 7.45. The highest BCUT2D eigenvalue weighted by Gasteiger charge is 2.32. The van der Waals surface area contributed by atoms with Crippen LogP contribution < -0.4 is 0 Å². The number of nitrogens with zero attached hydrogens (tertiary/aromatic N) is 3. The molecular weight excluding hydrogens is 186 g/mol. The zero-order valence-electron chi connectivity index (χ0n) is 7.45. The molecule has 2 rings (SSSR count). The Bertz CT molecular complexity index is 315. The van der Waals surface area contributed by atoms with Crippen molar-refractivity contribution in [3.63, 3.8) is 0 Å². The Labute approximate surface area is 80.4 Å². The number of hydrogen-bond donors (Lipinski definition) is 2. The third-order valence-corrected chi connectivity index (χ3v) is 2.25. The van der Waals surface area contributed by atoms with Gasteiger partial charge in [-0.2, -0.15) is 0 Å². The van der Waals surface area contributed by atoms with E-state index in [1.54, 1.807) is 0 Å². The van der Waals surface area contributed by atoms with Gasteiger partial charge in [0.05, 0.1) is 25.3 Å². The van der Waals surface area contributed by atoms with E-state index in [1.807, 2.05) is 0 Å². The molecule has 0 spiro atoms. The molecule has 14 heavy (non-hydrogen) atoms. The lowest BCUT2D eigenvalue weighted by molar-refractivity contribution is 0.0572. The molecule has 76 valence electrons. The molecule has 2 atom stereocenters. The second-order valence-electron chi connectivity index (χ2n) is 3.29. The van der Waals surface area contributed by atoms with Crippen LogP contribution in [-0.2, 0) is 0 Å². The van der Waals surface area contributed by atoms with Crippen molar-refractivity contribution in [1.82, 2.24) is 14.5 Å². The van der Waals surface area contributed by atoms with Gasteiger partial charge in [0.1, 0.15) is 6.33 Å². The minimum atomic E-state index is -0.845. The molecule has 1 saturated heterocycles. The number of carbonyl (C=O) groups is 1. The van der Waals surface area contributed by atoms with E-state index in [4.69, 9.17) is 0 Å². The van der Waals surface area contributed by atoms with Crippen LogP contribution in [0.4, 0.5) is 4.79 Å². The van der Waals surface area contributed by atoms with Gasteiger partial charge in [0.15, 0.2) is 0 Å². The summed E-state index contributed by atoms with van der Waals surface area (Å²) in [4.78, 5) is 16.8. The number of imidazole rings is 1. The molecule has 1 aliphatic heterocycles. The SMILES string of the molecule is O=C(N1CC(O)C(O)C1)n1ccnc1. The van der Waals surface area contributed by atoms with E-state index in [2.05, 4.69) is 4.98 Å². The van der Waals surface area contributed by atoms with Gasteiger partial charge in [-0.05, 0) is 0 Å². The number of aliphatic hydroxyl groups excluding tert-OH is 2. The molecule has 1 aromatic rings. The van der Waals surface area contributed by atoms with Gasteiger partial charge in [0.25, 0.3) is 0 Å². The molecule has 1 fully saturated rings. The zero-order chi connectivity index (χ0) is 10.1. The molecule has 1 aromatic heterocycles. The van der Waals surface area contributed by atoms with E-state index in [1.165, 1.54) is 28.2 Å². The summed E-state index contributed by atoms with van der Waals surface area (Å²) in [6.45, 7) is 0.330. The summed E-state index contributed by atoms with van der Waals surface area (Å²) in [5.41, 5.74) is 0. The normalized spacial score (nSPS) is 26.9. The van der Waals surface area contributed by atoms with Crippen LogP contribution in [0, 0.1) is 0 Å². The quantitative estimate of drug-likeness (QED) is 0.552. The van der Waals surface area contributed by atoms with Crippen molar-refractivity contribution in [2.75, 3.05) is 13.1 Å². The first-order valence-corrected chi connectivity index (χ1v) is 4.32. The number of β-amino-alcohol motifs (C(OH)–C–C–N with tert-alkyl or cyclic N) is 2. The van der Waals surface area contributed by atoms with Crippen LogP contribution in [0.5, 0.6) is 0 Å². The number of carbonyl (C=O) groups excluding carboxylic acids is 1. The third-order valence-electron chi connectivity index (χ3n) is 2.25. The standard InChI is InChI=1S/C8H11N3O3/c12-6-3-11(4-7(6)13)8(14)10-2-1-9-5-10/h1-2,5-7,12-13H,3-4H2. The maximum Gasteiger partial charge on any atom is 0.329 e.